The van der Waals surface area contributed by atoms with E-state index in [0.717, 1.165) is 12.1 Å². The fraction of sp³-hybridized carbons (Fsp3) is 0. The standard InChI is InChI=1S/C14H7BrN2O6/c15-5-1-4-8(18)2-6(13(20)21)16-11(4)10-9(19)3-7(14(22)23)17-12(5)10/h1-3H,(H,16,18)(H,17,19)(H,20,21)(H,22,23). The summed E-state index contributed by atoms with van der Waals surface area (Å²) >= 11 is 3.18. The van der Waals surface area contributed by atoms with E-state index in [4.69, 9.17) is 10.2 Å². The second-order valence-electron chi connectivity index (χ2n) is 4.74. The Bertz CT molecular complexity index is 1130. The largest absolute Gasteiger partial charge is 0.477 e. The van der Waals surface area contributed by atoms with E-state index in [2.05, 4.69) is 25.9 Å². The van der Waals surface area contributed by atoms with E-state index in [9.17, 15) is 19.2 Å². The average molecular weight is 379 g/mol. The highest BCUT2D eigenvalue weighted by Gasteiger charge is 2.17. The van der Waals surface area contributed by atoms with Gasteiger partial charge < -0.3 is 20.2 Å². The first-order valence-electron chi connectivity index (χ1n) is 6.18. The van der Waals surface area contributed by atoms with E-state index >= 15 is 0 Å². The predicted molar refractivity (Wildman–Crippen MR) is 84.3 cm³/mol. The van der Waals surface area contributed by atoms with Crippen molar-refractivity contribution in [2.75, 3.05) is 0 Å². The molecule has 9 heteroatoms. The number of nitrogens with one attached hydrogen (secondary N) is 2. The van der Waals surface area contributed by atoms with Gasteiger partial charge >= 0.3 is 11.9 Å². The maximum absolute atomic E-state index is 12.3. The van der Waals surface area contributed by atoms with Crippen molar-refractivity contribution in [2.45, 2.75) is 0 Å². The number of H-pyrrole nitrogens is 2. The van der Waals surface area contributed by atoms with Crippen molar-refractivity contribution in [3.05, 3.63) is 54.5 Å². The highest BCUT2D eigenvalue weighted by atomic mass is 79.9. The van der Waals surface area contributed by atoms with Gasteiger partial charge in [0.1, 0.15) is 11.4 Å². The van der Waals surface area contributed by atoms with Gasteiger partial charge in [0.25, 0.3) is 0 Å². The number of hydrogen-bond acceptors (Lipinski definition) is 4. The monoisotopic (exact) mass is 378 g/mol. The van der Waals surface area contributed by atoms with E-state index in [1.54, 1.807) is 0 Å². The van der Waals surface area contributed by atoms with Gasteiger partial charge in [0.05, 0.1) is 16.4 Å². The molecule has 0 aliphatic carbocycles. The molecule has 0 aliphatic rings. The fourth-order valence-corrected chi connectivity index (χ4v) is 2.85. The van der Waals surface area contributed by atoms with Gasteiger partial charge in [0.15, 0.2) is 10.9 Å². The third kappa shape index (κ3) is 2.30. The molecular formula is C14H7BrN2O6. The maximum Gasteiger partial charge on any atom is 0.352 e. The molecule has 3 rings (SSSR count). The van der Waals surface area contributed by atoms with E-state index < -0.39 is 22.8 Å². The number of aromatic carboxylic acids is 2. The molecule has 0 bridgehead atoms. The van der Waals surface area contributed by atoms with Crippen LogP contribution in [-0.2, 0) is 0 Å². The molecule has 8 nitrogen and oxygen atoms in total. The van der Waals surface area contributed by atoms with E-state index in [0.29, 0.717) is 4.47 Å². The summed E-state index contributed by atoms with van der Waals surface area (Å²) in [4.78, 5) is 51.6. The summed E-state index contributed by atoms with van der Waals surface area (Å²) in [7, 11) is 0. The van der Waals surface area contributed by atoms with Crippen LogP contribution in [0.1, 0.15) is 21.0 Å². The molecule has 0 aliphatic heterocycles. The van der Waals surface area contributed by atoms with Crippen molar-refractivity contribution < 1.29 is 19.8 Å². The molecule has 23 heavy (non-hydrogen) atoms. The van der Waals surface area contributed by atoms with Gasteiger partial charge in [-0.1, -0.05) is 0 Å². The molecule has 4 N–H and O–H groups in total. The van der Waals surface area contributed by atoms with E-state index in [1.165, 1.54) is 6.07 Å². The fourth-order valence-electron chi connectivity index (χ4n) is 2.33. The Morgan fingerprint density at radius 3 is 1.96 bits per heavy atom. The van der Waals surface area contributed by atoms with Crippen LogP contribution in [0.2, 0.25) is 0 Å². The van der Waals surface area contributed by atoms with Gasteiger partial charge in [0.2, 0.25) is 0 Å². The number of carbonyl (C=O) groups is 2. The number of fused-ring (bicyclic) bond motifs is 3. The zero-order valence-electron chi connectivity index (χ0n) is 11.1. The number of carboxylic acids is 2. The second kappa shape index (κ2) is 5.06. The van der Waals surface area contributed by atoms with Crippen LogP contribution in [0.15, 0.2) is 32.3 Å². The first-order valence-corrected chi connectivity index (χ1v) is 6.98. The van der Waals surface area contributed by atoms with Gasteiger partial charge in [-0.3, -0.25) is 9.59 Å². The summed E-state index contributed by atoms with van der Waals surface area (Å²) in [6.45, 7) is 0. The number of aromatic amines is 2. The minimum Gasteiger partial charge on any atom is -0.477 e. The Morgan fingerprint density at radius 1 is 0.870 bits per heavy atom. The summed E-state index contributed by atoms with van der Waals surface area (Å²) in [5, 5.41) is 18.2. The Labute approximate surface area is 134 Å². The minimum absolute atomic E-state index is 0.000394. The van der Waals surface area contributed by atoms with Crippen molar-refractivity contribution in [1.82, 2.24) is 9.97 Å². The molecule has 2 heterocycles. The van der Waals surface area contributed by atoms with Crippen LogP contribution in [0, 0.1) is 0 Å². The summed E-state index contributed by atoms with van der Waals surface area (Å²) in [6.07, 6.45) is 0. The number of halogens is 1. The van der Waals surface area contributed by atoms with Crippen molar-refractivity contribution in [3.63, 3.8) is 0 Å². The number of hydrogen-bond donors (Lipinski definition) is 4. The van der Waals surface area contributed by atoms with Crippen LogP contribution < -0.4 is 10.9 Å². The molecule has 1 aromatic carbocycles. The molecule has 0 unspecified atom stereocenters. The van der Waals surface area contributed by atoms with Crippen LogP contribution in [0.5, 0.6) is 0 Å². The number of benzene rings is 1. The minimum atomic E-state index is -1.35. The molecule has 0 atom stereocenters. The molecule has 0 amide bonds. The van der Waals surface area contributed by atoms with E-state index in [-0.39, 0.29) is 33.2 Å². The van der Waals surface area contributed by atoms with Crippen LogP contribution in [-0.4, -0.2) is 32.1 Å². The van der Waals surface area contributed by atoms with E-state index in [1.807, 2.05) is 0 Å². The smallest absolute Gasteiger partial charge is 0.352 e. The average Bonchev–Trinajstić information content (AvgIpc) is 2.47. The molecule has 0 radical (unpaired) electrons. The van der Waals surface area contributed by atoms with Crippen LogP contribution in [0.3, 0.4) is 0 Å². The highest BCUT2D eigenvalue weighted by molar-refractivity contribution is 9.10. The lowest BCUT2D eigenvalue weighted by molar-refractivity contribution is 0.0680. The van der Waals surface area contributed by atoms with Crippen molar-refractivity contribution in [2.24, 2.45) is 0 Å². The second-order valence-corrected chi connectivity index (χ2v) is 5.59. The van der Waals surface area contributed by atoms with Crippen LogP contribution in [0.25, 0.3) is 21.8 Å². The first kappa shape index (κ1) is 15.0. The van der Waals surface area contributed by atoms with Gasteiger partial charge in [-0.05, 0) is 22.0 Å². The Balaban J connectivity index is 2.61. The lowest BCUT2D eigenvalue weighted by atomic mass is 10.1. The van der Waals surface area contributed by atoms with Gasteiger partial charge in [0, 0.05) is 22.0 Å². The molecule has 0 saturated heterocycles. The summed E-state index contributed by atoms with van der Waals surface area (Å²) in [5.74, 6) is -2.66. The lowest BCUT2D eigenvalue weighted by Crippen LogP contribution is -2.14. The first-order chi connectivity index (χ1) is 10.8. The zero-order valence-corrected chi connectivity index (χ0v) is 12.7. The Kier molecular flexibility index (Phi) is 3.29. The topological polar surface area (TPSA) is 140 Å². The molecule has 0 fully saturated rings. The third-order valence-corrected chi connectivity index (χ3v) is 3.95. The highest BCUT2D eigenvalue weighted by Crippen LogP contribution is 2.26. The third-order valence-electron chi connectivity index (χ3n) is 3.32. The van der Waals surface area contributed by atoms with Crippen molar-refractivity contribution in [1.29, 1.82) is 0 Å². The number of pyridine rings is 2. The predicted octanol–water partition coefficient (Wildman–Crippen LogP) is 1.53. The van der Waals surface area contributed by atoms with Crippen molar-refractivity contribution >= 4 is 49.7 Å². The molecule has 116 valence electrons. The van der Waals surface area contributed by atoms with Gasteiger partial charge in [-0.15, -0.1) is 0 Å². The zero-order chi connectivity index (χ0) is 16.9. The summed E-state index contributed by atoms with van der Waals surface area (Å²) < 4.78 is 0.314. The van der Waals surface area contributed by atoms with Crippen LogP contribution in [0.4, 0.5) is 0 Å². The Hall–Kier alpha value is -2.94. The maximum atomic E-state index is 12.3. The lowest BCUT2D eigenvalue weighted by Gasteiger charge is -2.08. The SMILES string of the molecule is O=C(O)c1cc(=O)c2c([nH]1)c(Br)cc1c(=O)cc(C(=O)O)[nH]c12. The molecule has 0 saturated carbocycles. The van der Waals surface area contributed by atoms with Crippen molar-refractivity contribution in [3.8, 4) is 0 Å². The molecule has 2 aromatic heterocycles. The number of aromatic nitrogens is 2. The number of carboxylic acid groups (broad SMARTS) is 2. The normalized spacial score (nSPS) is 11.0. The molecule has 0 spiro atoms. The Morgan fingerprint density at radius 2 is 1.39 bits per heavy atom. The quantitative estimate of drug-likeness (QED) is 0.498. The summed E-state index contributed by atoms with van der Waals surface area (Å²) in [6, 6.07) is 3.19. The summed E-state index contributed by atoms with van der Waals surface area (Å²) in [5.41, 5.74) is -1.72. The molecule has 3 aromatic rings. The van der Waals surface area contributed by atoms with Gasteiger partial charge in [-0.25, -0.2) is 9.59 Å². The molecular weight excluding hydrogens is 372 g/mol. The van der Waals surface area contributed by atoms with Crippen LogP contribution >= 0.6 is 15.9 Å². The number of rotatable bonds is 2. The van der Waals surface area contributed by atoms with Gasteiger partial charge in [-0.2, -0.15) is 0 Å².